The Balaban J connectivity index is 1.99. The molecule has 1 aliphatic carbocycles. The van der Waals surface area contributed by atoms with Crippen LogP contribution in [-0.2, 0) is 4.79 Å². The van der Waals surface area contributed by atoms with E-state index in [4.69, 9.17) is 5.11 Å². The van der Waals surface area contributed by atoms with Crippen LogP contribution in [0.25, 0.3) is 0 Å². The Morgan fingerprint density at radius 2 is 2.36 bits per heavy atom. The van der Waals surface area contributed by atoms with Crippen LogP contribution in [0, 0.1) is 12.8 Å². The molecule has 0 aromatic carbocycles. The van der Waals surface area contributed by atoms with Crippen LogP contribution >= 0.6 is 11.3 Å². The molecule has 0 amide bonds. The molecular formula is C10H13NO2S. The third kappa shape index (κ3) is 1.62. The molecular weight excluding hydrogens is 198 g/mol. The molecule has 1 heterocycles. The molecule has 1 aromatic heterocycles. The average Bonchev–Trinajstić information content (AvgIpc) is 2.44. The van der Waals surface area contributed by atoms with Gasteiger partial charge in [-0.1, -0.05) is 0 Å². The highest BCUT2D eigenvalue weighted by molar-refractivity contribution is 7.08. The van der Waals surface area contributed by atoms with Gasteiger partial charge in [-0.3, -0.25) is 4.79 Å². The number of aryl methyl sites for hydroxylation is 1. The van der Waals surface area contributed by atoms with Crippen LogP contribution < -0.4 is 5.32 Å². The maximum absolute atomic E-state index is 10.8. The molecule has 2 atom stereocenters. The van der Waals surface area contributed by atoms with Gasteiger partial charge < -0.3 is 10.4 Å². The van der Waals surface area contributed by atoms with Crippen LogP contribution in [0.2, 0.25) is 0 Å². The van der Waals surface area contributed by atoms with E-state index in [1.165, 1.54) is 5.56 Å². The Morgan fingerprint density at radius 1 is 1.57 bits per heavy atom. The number of carbonyl (C=O) groups is 1. The third-order valence-electron chi connectivity index (χ3n) is 2.79. The van der Waals surface area contributed by atoms with Gasteiger partial charge in [-0.05, 0) is 30.7 Å². The van der Waals surface area contributed by atoms with Gasteiger partial charge in [-0.15, -0.1) is 11.3 Å². The molecule has 1 aliphatic rings. The van der Waals surface area contributed by atoms with Crippen LogP contribution in [0.4, 0.5) is 5.69 Å². The van der Waals surface area contributed by atoms with E-state index in [0.29, 0.717) is 0 Å². The van der Waals surface area contributed by atoms with E-state index in [2.05, 4.69) is 10.7 Å². The molecule has 1 aromatic rings. The number of hydrogen-bond donors (Lipinski definition) is 2. The van der Waals surface area contributed by atoms with Crippen LogP contribution in [0.5, 0.6) is 0 Å². The highest BCUT2D eigenvalue weighted by atomic mass is 32.1. The number of carboxylic acid groups (broad SMARTS) is 1. The topological polar surface area (TPSA) is 49.3 Å². The van der Waals surface area contributed by atoms with Gasteiger partial charge in [-0.25, -0.2) is 0 Å². The van der Waals surface area contributed by atoms with Gasteiger partial charge in [0.25, 0.3) is 0 Å². The lowest BCUT2D eigenvalue weighted by atomic mass is 9.79. The number of aliphatic carboxylic acids is 1. The van der Waals surface area contributed by atoms with Crippen molar-refractivity contribution >= 4 is 23.0 Å². The van der Waals surface area contributed by atoms with Crippen LogP contribution in [0.3, 0.4) is 0 Å². The third-order valence-corrected chi connectivity index (χ3v) is 3.65. The van der Waals surface area contributed by atoms with Crippen LogP contribution in [0.15, 0.2) is 10.8 Å². The zero-order valence-corrected chi connectivity index (χ0v) is 8.80. The van der Waals surface area contributed by atoms with Gasteiger partial charge in [0.15, 0.2) is 0 Å². The number of rotatable bonds is 3. The summed E-state index contributed by atoms with van der Waals surface area (Å²) in [6, 6.07) is 0.126. The summed E-state index contributed by atoms with van der Waals surface area (Å²) >= 11 is 1.64. The average molecular weight is 211 g/mol. The molecule has 2 rings (SSSR count). The zero-order valence-electron chi connectivity index (χ0n) is 7.99. The second kappa shape index (κ2) is 3.61. The van der Waals surface area contributed by atoms with E-state index in [1.54, 1.807) is 11.3 Å². The molecule has 14 heavy (non-hydrogen) atoms. The lowest BCUT2D eigenvalue weighted by molar-refractivity contribution is -0.144. The van der Waals surface area contributed by atoms with Gasteiger partial charge in [0, 0.05) is 17.1 Å². The summed E-state index contributed by atoms with van der Waals surface area (Å²) in [5, 5.41) is 16.3. The first kappa shape index (κ1) is 9.52. The second-order valence-corrected chi connectivity index (χ2v) is 4.48. The van der Waals surface area contributed by atoms with Gasteiger partial charge in [0.1, 0.15) is 0 Å². The van der Waals surface area contributed by atoms with E-state index in [9.17, 15) is 4.79 Å². The summed E-state index contributed by atoms with van der Waals surface area (Å²) in [7, 11) is 0. The lowest BCUT2D eigenvalue weighted by Gasteiger charge is -2.34. The van der Waals surface area contributed by atoms with E-state index < -0.39 is 5.97 Å². The molecule has 0 saturated heterocycles. The minimum absolute atomic E-state index is 0.126. The van der Waals surface area contributed by atoms with Gasteiger partial charge in [-0.2, -0.15) is 0 Å². The Morgan fingerprint density at radius 3 is 2.79 bits per heavy atom. The molecule has 3 nitrogen and oxygen atoms in total. The first-order chi connectivity index (χ1) is 6.68. The van der Waals surface area contributed by atoms with Gasteiger partial charge >= 0.3 is 5.97 Å². The molecule has 1 fully saturated rings. The van der Waals surface area contributed by atoms with Crippen LogP contribution in [-0.4, -0.2) is 17.1 Å². The predicted molar refractivity (Wildman–Crippen MR) is 56.8 cm³/mol. The predicted octanol–water partition coefficient (Wildman–Crippen LogP) is 2.33. The number of thiophene rings is 1. The maximum atomic E-state index is 10.8. The fraction of sp³-hybridized carbons (Fsp3) is 0.500. The van der Waals surface area contributed by atoms with Crippen molar-refractivity contribution in [2.75, 3.05) is 5.32 Å². The van der Waals surface area contributed by atoms with Crippen molar-refractivity contribution in [3.63, 3.8) is 0 Å². The minimum Gasteiger partial charge on any atom is -0.481 e. The Bertz CT molecular complexity index is 348. The summed E-state index contributed by atoms with van der Waals surface area (Å²) < 4.78 is 0. The molecule has 0 spiro atoms. The van der Waals surface area contributed by atoms with Crippen LogP contribution in [0.1, 0.15) is 18.4 Å². The Kier molecular flexibility index (Phi) is 2.46. The van der Waals surface area contributed by atoms with Crippen molar-refractivity contribution in [2.45, 2.75) is 25.8 Å². The molecule has 0 aliphatic heterocycles. The Labute approximate surface area is 86.8 Å². The lowest BCUT2D eigenvalue weighted by Crippen LogP contribution is -2.43. The largest absolute Gasteiger partial charge is 0.481 e. The zero-order chi connectivity index (χ0) is 10.1. The molecule has 2 unspecified atom stereocenters. The molecule has 1 saturated carbocycles. The molecule has 4 heteroatoms. The highest BCUT2D eigenvalue weighted by Gasteiger charge is 2.36. The highest BCUT2D eigenvalue weighted by Crippen LogP contribution is 2.32. The minimum atomic E-state index is -0.679. The van der Waals surface area contributed by atoms with E-state index in [-0.39, 0.29) is 12.0 Å². The summed E-state index contributed by atoms with van der Waals surface area (Å²) in [4.78, 5) is 10.8. The van der Waals surface area contributed by atoms with Crippen molar-refractivity contribution < 1.29 is 9.90 Å². The number of carboxylic acids is 1. The normalized spacial score (nSPS) is 25.5. The standard InChI is InChI=1S/C10H13NO2S/c1-6-4-14-5-9(6)11-8-3-2-7(8)10(12)13/h4-5,7-8,11H,2-3H2,1H3,(H,12,13). The van der Waals surface area contributed by atoms with E-state index in [0.717, 1.165) is 18.5 Å². The first-order valence-electron chi connectivity index (χ1n) is 4.70. The van der Waals surface area contributed by atoms with E-state index >= 15 is 0 Å². The summed E-state index contributed by atoms with van der Waals surface area (Å²) in [6.07, 6.45) is 1.77. The fourth-order valence-corrected chi connectivity index (χ4v) is 2.47. The quantitative estimate of drug-likeness (QED) is 0.806. The fourth-order valence-electron chi connectivity index (χ4n) is 1.68. The molecule has 0 radical (unpaired) electrons. The van der Waals surface area contributed by atoms with Gasteiger partial charge in [0.05, 0.1) is 5.92 Å². The number of nitrogens with one attached hydrogen (secondary N) is 1. The molecule has 2 N–H and O–H groups in total. The van der Waals surface area contributed by atoms with Crippen molar-refractivity contribution in [1.82, 2.24) is 0 Å². The maximum Gasteiger partial charge on any atom is 0.308 e. The van der Waals surface area contributed by atoms with E-state index in [1.807, 2.05) is 12.3 Å². The summed E-state index contributed by atoms with van der Waals surface area (Å²) in [5.74, 6) is -0.879. The molecule has 76 valence electrons. The smallest absolute Gasteiger partial charge is 0.308 e. The summed E-state index contributed by atoms with van der Waals surface area (Å²) in [6.45, 7) is 2.03. The second-order valence-electron chi connectivity index (χ2n) is 3.74. The first-order valence-corrected chi connectivity index (χ1v) is 5.65. The van der Waals surface area contributed by atoms with Gasteiger partial charge in [0.2, 0.25) is 0 Å². The Hall–Kier alpha value is -1.03. The molecule has 0 bridgehead atoms. The van der Waals surface area contributed by atoms with Crippen molar-refractivity contribution in [2.24, 2.45) is 5.92 Å². The summed E-state index contributed by atoms with van der Waals surface area (Å²) in [5.41, 5.74) is 2.29. The SMILES string of the molecule is Cc1cscc1NC1CCC1C(=O)O. The van der Waals surface area contributed by atoms with Crippen molar-refractivity contribution in [3.05, 3.63) is 16.3 Å². The number of anilines is 1. The number of hydrogen-bond acceptors (Lipinski definition) is 3. The van der Waals surface area contributed by atoms with Crippen molar-refractivity contribution in [3.8, 4) is 0 Å². The van der Waals surface area contributed by atoms with Crippen molar-refractivity contribution in [1.29, 1.82) is 0 Å². The monoisotopic (exact) mass is 211 g/mol.